The van der Waals surface area contributed by atoms with Gasteiger partial charge in [0.2, 0.25) is 10.0 Å². The lowest BCUT2D eigenvalue weighted by Crippen LogP contribution is -2.31. The number of aromatic amines is 1. The number of benzene rings is 1. The van der Waals surface area contributed by atoms with Crippen molar-refractivity contribution in [2.24, 2.45) is 0 Å². The van der Waals surface area contributed by atoms with Crippen molar-refractivity contribution in [3.63, 3.8) is 0 Å². The van der Waals surface area contributed by atoms with Crippen LogP contribution in [0.3, 0.4) is 0 Å². The molecule has 5 aromatic rings. The van der Waals surface area contributed by atoms with Gasteiger partial charge in [0.05, 0.1) is 29.4 Å². The van der Waals surface area contributed by atoms with Crippen LogP contribution in [-0.2, 0) is 16.6 Å². The van der Waals surface area contributed by atoms with Gasteiger partial charge < -0.3 is 9.55 Å². The van der Waals surface area contributed by atoms with Crippen LogP contribution in [0.25, 0.3) is 33.5 Å². The molecule has 0 saturated carbocycles. The predicted octanol–water partition coefficient (Wildman–Crippen LogP) is 4.46. The summed E-state index contributed by atoms with van der Waals surface area (Å²) in [5.41, 5.74) is 4.12. The van der Waals surface area contributed by atoms with E-state index in [0.717, 1.165) is 27.5 Å². The molecule has 0 amide bonds. The Hall–Kier alpha value is -3.43. The van der Waals surface area contributed by atoms with Crippen LogP contribution >= 0.6 is 11.6 Å². The molecule has 168 valence electrons. The highest BCUT2D eigenvalue weighted by Gasteiger charge is 2.20. The average Bonchev–Trinajstić information content (AvgIpc) is 3.38. The first-order valence-electron chi connectivity index (χ1n) is 10.4. The minimum Gasteiger partial charge on any atom is -0.343 e. The van der Waals surface area contributed by atoms with Crippen molar-refractivity contribution in [1.29, 1.82) is 0 Å². The minimum atomic E-state index is -3.44. The lowest BCUT2D eigenvalue weighted by Gasteiger charge is -2.22. The van der Waals surface area contributed by atoms with Crippen LogP contribution in [0.5, 0.6) is 0 Å². The van der Waals surface area contributed by atoms with E-state index in [2.05, 4.69) is 24.5 Å². The van der Waals surface area contributed by atoms with Crippen LogP contribution in [0.4, 0.5) is 5.82 Å². The lowest BCUT2D eigenvalue weighted by molar-refractivity contribution is 0.597. The van der Waals surface area contributed by atoms with E-state index in [4.69, 9.17) is 11.6 Å². The van der Waals surface area contributed by atoms with Crippen molar-refractivity contribution < 1.29 is 8.42 Å². The Morgan fingerprint density at radius 1 is 1.15 bits per heavy atom. The maximum absolute atomic E-state index is 12.3. The number of nitrogens with one attached hydrogen (secondary N) is 1. The molecule has 1 aromatic carbocycles. The summed E-state index contributed by atoms with van der Waals surface area (Å²) in [6.07, 6.45) is 6.57. The first-order valence-corrected chi connectivity index (χ1v) is 12.6. The van der Waals surface area contributed by atoms with E-state index in [-0.39, 0.29) is 0 Å². The fraction of sp³-hybridized carbons (Fsp3) is 0.174. The van der Waals surface area contributed by atoms with E-state index in [1.54, 1.807) is 25.4 Å². The van der Waals surface area contributed by atoms with Gasteiger partial charge in [-0.15, -0.1) is 0 Å². The number of sulfonamides is 1. The third-order valence-electron chi connectivity index (χ3n) is 5.47. The first kappa shape index (κ1) is 21.4. The third kappa shape index (κ3) is 4.05. The SMILES string of the molecule is CCN(c1ncccc1Cn1ccc2cnc(-c3nc4ccc(Cl)cc4[nH]3)cc21)S(C)(=O)=O. The summed E-state index contributed by atoms with van der Waals surface area (Å²) in [5, 5.41) is 1.61. The van der Waals surface area contributed by atoms with Crippen molar-refractivity contribution in [3.8, 4) is 11.5 Å². The molecule has 33 heavy (non-hydrogen) atoms. The number of hydrogen-bond acceptors (Lipinski definition) is 5. The first-order chi connectivity index (χ1) is 15.8. The quantitative estimate of drug-likeness (QED) is 0.387. The van der Waals surface area contributed by atoms with Gasteiger partial charge in [-0.25, -0.2) is 18.4 Å². The summed E-state index contributed by atoms with van der Waals surface area (Å²) < 4.78 is 27.9. The molecule has 8 nitrogen and oxygen atoms in total. The van der Waals surface area contributed by atoms with Crippen LogP contribution in [0.2, 0.25) is 5.02 Å². The molecule has 4 aromatic heterocycles. The minimum absolute atomic E-state index is 0.305. The Bertz CT molecular complexity index is 1590. The molecule has 10 heteroatoms. The largest absolute Gasteiger partial charge is 0.343 e. The summed E-state index contributed by atoms with van der Waals surface area (Å²) in [4.78, 5) is 16.8. The van der Waals surface area contributed by atoms with Crippen molar-refractivity contribution >= 4 is 49.4 Å². The number of fused-ring (bicyclic) bond motifs is 2. The monoisotopic (exact) mass is 480 g/mol. The van der Waals surface area contributed by atoms with Crippen molar-refractivity contribution in [3.05, 3.63) is 71.6 Å². The topological polar surface area (TPSA) is 96.8 Å². The zero-order valence-corrected chi connectivity index (χ0v) is 19.6. The van der Waals surface area contributed by atoms with Gasteiger partial charge in [0.15, 0.2) is 5.82 Å². The van der Waals surface area contributed by atoms with Gasteiger partial charge in [0.25, 0.3) is 0 Å². The van der Waals surface area contributed by atoms with E-state index in [1.165, 1.54) is 10.6 Å². The highest BCUT2D eigenvalue weighted by molar-refractivity contribution is 7.92. The van der Waals surface area contributed by atoms with Gasteiger partial charge in [0, 0.05) is 41.1 Å². The van der Waals surface area contributed by atoms with E-state index in [1.807, 2.05) is 42.6 Å². The van der Waals surface area contributed by atoms with Crippen LogP contribution in [-0.4, -0.2) is 45.7 Å². The van der Waals surface area contributed by atoms with Gasteiger partial charge in [-0.05, 0) is 43.3 Å². The molecule has 0 aliphatic rings. The second-order valence-electron chi connectivity index (χ2n) is 7.73. The Balaban J connectivity index is 1.56. The number of pyridine rings is 2. The average molecular weight is 481 g/mol. The standard InChI is InChI=1S/C23H21ClN6O2S/c1-3-30(33(2,31)32)23-16(5-4-9-25-23)14-29-10-8-15-13-26-20(12-21(15)29)22-27-18-7-6-17(24)11-19(18)28-22/h4-13H,3,14H2,1-2H3,(H,27,28). The van der Waals surface area contributed by atoms with Crippen LogP contribution in [0.1, 0.15) is 12.5 Å². The van der Waals surface area contributed by atoms with E-state index in [9.17, 15) is 8.42 Å². The molecule has 4 heterocycles. The molecular weight excluding hydrogens is 460 g/mol. The highest BCUT2D eigenvalue weighted by Crippen LogP contribution is 2.27. The van der Waals surface area contributed by atoms with Crippen LogP contribution < -0.4 is 4.31 Å². The molecule has 0 saturated heterocycles. The Kier molecular flexibility index (Phi) is 5.30. The molecule has 0 spiro atoms. The fourth-order valence-corrected chi connectivity index (χ4v) is 5.08. The third-order valence-corrected chi connectivity index (χ3v) is 6.94. The number of halogens is 1. The molecule has 5 rings (SSSR count). The van der Waals surface area contributed by atoms with Gasteiger partial charge in [-0.2, -0.15) is 0 Å². The van der Waals surface area contributed by atoms with E-state index in [0.29, 0.717) is 35.4 Å². The number of rotatable bonds is 6. The maximum Gasteiger partial charge on any atom is 0.233 e. The molecule has 0 radical (unpaired) electrons. The molecule has 0 aliphatic heterocycles. The second kappa shape index (κ2) is 8.17. The molecule has 0 fully saturated rings. The maximum atomic E-state index is 12.3. The summed E-state index contributed by atoms with van der Waals surface area (Å²) in [5.74, 6) is 1.09. The van der Waals surface area contributed by atoms with Gasteiger partial charge in [0.1, 0.15) is 11.5 Å². The van der Waals surface area contributed by atoms with E-state index >= 15 is 0 Å². The molecular formula is C23H21ClN6O2S. The van der Waals surface area contributed by atoms with Gasteiger partial charge in [-0.3, -0.25) is 9.29 Å². The predicted molar refractivity (Wildman–Crippen MR) is 131 cm³/mol. The van der Waals surface area contributed by atoms with Crippen LogP contribution in [0, 0.1) is 0 Å². The highest BCUT2D eigenvalue weighted by atomic mass is 35.5. The zero-order chi connectivity index (χ0) is 23.2. The lowest BCUT2D eigenvalue weighted by atomic mass is 10.2. The number of H-pyrrole nitrogens is 1. The molecule has 0 unspecified atom stereocenters. The van der Waals surface area contributed by atoms with Crippen molar-refractivity contribution in [1.82, 2.24) is 24.5 Å². The fourth-order valence-electron chi connectivity index (χ4n) is 3.96. The number of nitrogens with zero attached hydrogens (tertiary/aromatic N) is 5. The zero-order valence-electron chi connectivity index (χ0n) is 18.0. The molecule has 1 N–H and O–H groups in total. The van der Waals surface area contributed by atoms with Crippen molar-refractivity contribution in [2.75, 3.05) is 17.1 Å². The van der Waals surface area contributed by atoms with Gasteiger partial charge >= 0.3 is 0 Å². The molecule has 0 bridgehead atoms. The Labute approximate surface area is 195 Å². The van der Waals surface area contributed by atoms with Crippen molar-refractivity contribution in [2.45, 2.75) is 13.5 Å². The summed E-state index contributed by atoms with van der Waals surface area (Å²) in [7, 11) is -3.44. The number of hydrogen-bond donors (Lipinski definition) is 1. The molecule has 0 aliphatic carbocycles. The Morgan fingerprint density at radius 3 is 2.79 bits per heavy atom. The van der Waals surface area contributed by atoms with Crippen LogP contribution in [0.15, 0.2) is 61.1 Å². The number of anilines is 1. The summed E-state index contributed by atoms with van der Waals surface area (Å²) in [6.45, 7) is 2.56. The summed E-state index contributed by atoms with van der Waals surface area (Å²) in [6, 6.07) is 13.2. The number of imidazole rings is 1. The van der Waals surface area contributed by atoms with E-state index < -0.39 is 10.0 Å². The second-order valence-corrected chi connectivity index (χ2v) is 10.1. The normalized spacial score (nSPS) is 12.0. The number of aromatic nitrogens is 5. The summed E-state index contributed by atoms with van der Waals surface area (Å²) >= 11 is 6.10. The molecule has 0 atom stereocenters. The van der Waals surface area contributed by atoms with Gasteiger partial charge in [-0.1, -0.05) is 17.7 Å². The Morgan fingerprint density at radius 2 is 2.00 bits per heavy atom. The smallest absolute Gasteiger partial charge is 0.233 e.